The number of hydrogen-bond acceptors (Lipinski definition) is 3. The highest BCUT2D eigenvalue weighted by atomic mass is 15.3. The summed E-state index contributed by atoms with van der Waals surface area (Å²) in [5.41, 5.74) is 4.33. The van der Waals surface area contributed by atoms with Crippen LogP contribution in [0.1, 0.15) is 27.7 Å². The third-order valence-electron chi connectivity index (χ3n) is 2.83. The van der Waals surface area contributed by atoms with E-state index in [1.54, 1.807) is 0 Å². The number of fused-ring (bicyclic) bond motifs is 1. The molecule has 0 bridgehead atoms. The Morgan fingerprint density at radius 2 is 1.86 bits per heavy atom. The lowest BCUT2D eigenvalue weighted by molar-refractivity contribution is 0.439. The molecule has 2 rings (SSSR count). The summed E-state index contributed by atoms with van der Waals surface area (Å²) in [5.74, 6) is 0.857. The summed E-state index contributed by atoms with van der Waals surface area (Å²) >= 11 is 0. The number of nitrogens with zero attached hydrogens (tertiary/aromatic N) is 2. The van der Waals surface area contributed by atoms with Crippen LogP contribution < -0.4 is 5.32 Å². The molecular weight excluding hydrogens is 173 g/mol. The molecule has 0 saturated heterocycles. The van der Waals surface area contributed by atoms with Crippen LogP contribution in [-0.4, -0.2) is 24.4 Å². The third kappa shape index (κ3) is 1.10. The van der Waals surface area contributed by atoms with Crippen molar-refractivity contribution in [3.63, 3.8) is 0 Å². The minimum absolute atomic E-state index is 0.1000. The highest BCUT2D eigenvalue weighted by Gasteiger charge is 2.31. The number of aliphatic imine (C=N–C) groups is 1. The van der Waals surface area contributed by atoms with Gasteiger partial charge in [-0.05, 0) is 27.7 Å². The van der Waals surface area contributed by atoms with E-state index in [4.69, 9.17) is 7.85 Å². The van der Waals surface area contributed by atoms with Crippen LogP contribution in [0.3, 0.4) is 0 Å². The molecule has 0 aromatic rings. The van der Waals surface area contributed by atoms with Gasteiger partial charge in [-0.2, -0.15) is 0 Å². The van der Waals surface area contributed by atoms with Crippen molar-refractivity contribution in [2.45, 2.75) is 33.6 Å². The quantitative estimate of drug-likeness (QED) is 0.579. The molecule has 0 spiro atoms. The summed E-state index contributed by atoms with van der Waals surface area (Å²) in [6.45, 7) is 8.09. The van der Waals surface area contributed by atoms with E-state index in [9.17, 15) is 0 Å². The lowest BCUT2D eigenvalue weighted by atomic mass is 9.91. The Kier molecular flexibility index (Phi) is 1.94. The molecule has 2 aliphatic rings. The van der Waals surface area contributed by atoms with Crippen LogP contribution in [0.25, 0.3) is 0 Å². The highest BCUT2D eigenvalue weighted by molar-refractivity contribution is 6.26. The molecule has 2 radical (unpaired) electrons. The van der Waals surface area contributed by atoms with Gasteiger partial charge in [0, 0.05) is 23.0 Å². The van der Waals surface area contributed by atoms with E-state index in [2.05, 4.69) is 29.1 Å². The van der Waals surface area contributed by atoms with Gasteiger partial charge in [0.25, 0.3) is 0 Å². The van der Waals surface area contributed by atoms with Gasteiger partial charge in [0.2, 0.25) is 0 Å². The maximum absolute atomic E-state index is 6.05. The van der Waals surface area contributed by atoms with Crippen LogP contribution in [0.2, 0.25) is 0 Å². The Hall–Kier alpha value is -1.19. The first kappa shape index (κ1) is 9.37. The fraction of sp³-hybridized carbons (Fsp3) is 0.500. The molecule has 2 aliphatic heterocycles. The van der Waals surface area contributed by atoms with E-state index >= 15 is 0 Å². The minimum Gasteiger partial charge on any atom is -0.358 e. The van der Waals surface area contributed by atoms with Gasteiger partial charge in [0.05, 0.1) is 5.70 Å². The van der Waals surface area contributed by atoms with Gasteiger partial charge >= 0.3 is 0 Å². The van der Waals surface area contributed by atoms with E-state index in [0.29, 0.717) is 0 Å². The van der Waals surface area contributed by atoms with E-state index in [1.165, 1.54) is 0 Å². The second kappa shape index (κ2) is 2.90. The molecule has 3 nitrogen and oxygen atoms in total. The third-order valence-corrected chi connectivity index (χ3v) is 2.83. The molecule has 0 saturated carbocycles. The second-order valence-corrected chi connectivity index (χ2v) is 3.85. The molecule has 0 aromatic carbocycles. The molecule has 1 atom stereocenters. The van der Waals surface area contributed by atoms with Gasteiger partial charge < -0.3 is 10.2 Å². The van der Waals surface area contributed by atoms with Gasteiger partial charge in [0.15, 0.2) is 5.82 Å². The average Bonchev–Trinajstić information content (AvgIpc) is 2.41. The molecule has 1 unspecified atom stereocenters. The molecule has 0 fully saturated rings. The molecule has 1 N–H and O–H groups in total. The monoisotopic (exact) mass is 187 g/mol. The Morgan fingerprint density at radius 3 is 2.50 bits per heavy atom. The standard InChI is InChI=1S/C10H14BN3/c1-5-8(4)14-9(11)6(2)13-10(14)7(3)12-5/h9,12H,1-4H3. The van der Waals surface area contributed by atoms with Gasteiger partial charge in [-0.15, -0.1) is 0 Å². The van der Waals surface area contributed by atoms with E-state index in [0.717, 1.165) is 28.6 Å². The van der Waals surface area contributed by atoms with Crippen LogP contribution in [0.15, 0.2) is 27.9 Å². The van der Waals surface area contributed by atoms with Crippen LogP contribution in [0, 0.1) is 0 Å². The largest absolute Gasteiger partial charge is 0.358 e. The van der Waals surface area contributed by atoms with Crippen molar-refractivity contribution in [2.24, 2.45) is 4.99 Å². The minimum atomic E-state index is -0.1000. The van der Waals surface area contributed by atoms with Gasteiger partial charge in [-0.25, -0.2) is 4.99 Å². The van der Waals surface area contributed by atoms with Gasteiger partial charge in [-0.3, -0.25) is 0 Å². The Bertz CT molecular complexity index is 379. The molecule has 0 amide bonds. The number of rotatable bonds is 0. The van der Waals surface area contributed by atoms with Crippen LogP contribution in [0.4, 0.5) is 0 Å². The molecule has 0 aliphatic carbocycles. The van der Waals surface area contributed by atoms with Crippen molar-refractivity contribution in [1.82, 2.24) is 10.2 Å². The summed E-state index contributed by atoms with van der Waals surface area (Å²) < 4.78 is 0. The first-order chi connectivity index (χ1) is 6.52. The summed E-state index contributed by atoms with van der Waals surface area (Å²) in [4.78, 5) is 6.54. The summed E-state index contributed by atoms with van der Waals surface area (Å²) in [5, 5.41) is 3.30. The zero-order chi connectivity index (χ0) is 10.5. The Labute approximate surface area is 86.0 Å². The lowest BCUT2D eigenvalue weighted by Crippen LogP contribution is -2.38. The summed E-state index contributed by atoms with van der Waals surface area (Å²) in [6, 6.07) is 0. The molecule has 2 heterocycles. The maximum Gasteiger partial charge on any atom is 0.151 e. The molecule has 4 heteroatoms. The van der Waals surface area contributed by atoms with Crippen molar-refractivity contribution in [2.75, 3.05) is 0 Å². The summed E-state index contributed by atoms with van der Waals surface area (Å²) in [7, 11) is 6.05. The lowest BCUT2D eigenvalue weighted by Gasteiger charge is -2.32. The van der Waals surface area contributed by atoms with E-state index < -0.39 is 0 Å². The SMILES string of the molecule is [B]C1C(C)=NC2=C(C)NC(C)=C(C)N21. The van der Waals surface area contributed by atoms with Crippen molar-refractivity contribution < 1.29 is 0 Å². The van der Waals surface area contributed by atoms with Crippen LogP contribution in [-0.2, 0) is 0 Å². The smallest absolute Gasteiger partial charge is 0.151 e. The second-order valence-electron chi connectivity index (χ2n) is 3.85. The normalized spacial score (nSPS) is 26.4. The molecular formula is C10H14BN3. The van der Waals surface area contributed by atoms with Crippen molar-refractivity contribution in [1.29, 1.82) is 0 Å². The van der Waals surface area contributed by atoms with Crippen LogP contribution in [0.5, 0.6) is 0 Å². The van der Waals surface area contributed by atoms with E-state index in [1.807, 2.05) is 13.8 Å². The molecule has 14 heavy (non-hydrogen) atoms. The van der Waals surface area contributed by atoms with Crippen molar-refractivity contribution >= 4 is 13.6 Å². The Balaban J connectivity index is 2.49. The zero-order valence-corrected chi connectivity index (χ0v) is 9.05. The first-order valence-electron chi connectivity index (χ1n) is 4.77. The van der Waals surface area contributed by atoms with Gasteiger partial charge in [0.1, 0.15) is 7.85 Å². The number of hydrogen-bond donors (Lipinski definition) is 1. The highest BCUT2D eigenvalue weighted by Crippen LogP contribution is 2.30. The van der Waals surface area contributed by atoms with E-state index in [-0.39, 0.29) is 5.94 Å². The molecule has 72 valence electrons. The fourth-order valence-electron chi connectivity index (χ4n) is 1.85. The molecule has 0 aromatic heterocycles. The van der Waals surface area contributed by atoms with Crippen molar-refractivity contribution in [3.05, 3.63) is 22.9 Å². The fourth-order valence-corrected chi connectivity index (χ4v) is 1.85. The maximum atomic E-state index is 6.05. The topological polar surface area (TPSA) is 27.6 Å². The Morgan fingerprint density at radius 1 is 1.21 bits per heavy atom. The number of nitrogens with one attached hydrogen (secondary N) is 1. The van der Waals surface area contributed by atoms with Crippen LogP contribution >= 0.6 is 0 Å². The number of allylic oxidation sites excluding steroid dienone is 3. The predicted octanol–water partition coefficient (Wildman–Crippen LogP) is 1.30. The summed E-state index contributed by atoms with van der Waals surface area (Å²) in [6.07, 6.45) is 0. The first-order valence-corrected chi connectivity index (χ1v) is 4.77. The zero-order valence-electron chi connectivity index (χ0n) is 9.05. The van der Waals surface area contributed by atoms with Gasteiger partial charge in [-0.1, -0.05) is 0 Å². The van der Waals surface area contributed by atoms with Crippen molar-refractivity contribution in [3.8, 4) is 0 Å². The predicted molar refractivity (Wildman–Crippen MR) is 58.7 cm³/mol. The average molecular weight is 187 g/mol.